The molecule has 1 aliphatic heterocycles. The van der Waals surface area contributed by atoms with Gasteiger partial charge in [0.2, 0.25) is 10.0 Å². The van der Waals surface area contributed by atoms with Crippen LogP contribution in [-0.4, -0.2) is 23.2 Å². The molecular formula is C12H12BrFN4O2S. The maximum absolute atomic E-state index is 13.2. The summed E-state index contributed by atoms with van der Waals surface area (Å²) >= 11 is 2.99. The minimum atomic E-state index is -3.75. The minimum Gasteiger partial charge on any atom is -0.248 e. The van der Waals surface area contributed by atoms with Gasteiger partial charge in [0.25, 0.3) is 0 Å². The van der Waals surface area contributed by atoms with Crippen LogP contribution in [0.25, 0.3) is 0 Å². The highest BCUT2D eigenvalue weighted by atomic mass is 79.9. The van der Waals surface area contributed by atoms with Crippen molar-refractivity contribution >= 4 is 26.0 Å². The van der Waals surface area contributed by atoms with Gasteiger partial charge in [-0.25, -0.2) is 27.2 Å². The molecule has 9 heteroatoms. The summed E-state index contributed by atoms with van der Waals surface area (Å²) in [5.74, 6) is 0.0948. The summed E-state index contributed by atoms with van der Waals surface area (Å²) in [6.07, 6.45) is 2.88. The number of aromatic nitrogens is 3. The third-order valence-electron chi connectivity index (χ3n) is 3.32. The Hall–Kier alpha value is -1.32. The van der Waals surface area contributed by atoms with Gasteiger partial charge < -0.3 is 0 Å². The van der Waals surface area contributed by atoms with Crippen LogP contribution in [0.4, 0.5) is 4.39 Å². The molecule has 1 atom stereocenters. The van der Waals surface area contributed by atoms with Crippen molar-refractivity contribution in [3.63, 3.8) is 0 Å². The quantitative estimate of drug-likeness (QED) is 0.890. The maximum Gasteiger partial charge on any atom is 0.241 e. The first kappa shape index (κ1) is 14.6. The first-order valence-corrected chi connectivity index (χ1v) is 8.60. The molecule has 6 nitrogen and oxygen atoms in total. The number of benzene rings is 1. The standard InChI is InChI=1S/C12H12BrFN4O2S/c13-9-6-8(3-4-10(9)14)21(19,20)17-11-2-1-5-18-12(11)15-7-16-18/h3-4,6-7,11,17H,1-2,5H2. The molecule has 0 amide bonds. The monoisotopic (exact) mass is 374 g/mol. The van der Waals surface area contributed by atoms with Crippen LogP contribution in [0.1, 0.15) is 24.7 Å². The molecule has 0 radical (unpaired) electrons. The Labute approximate surface area is 129 Å². The van der Waals surface area contributed by atoms with Gasteiger partial charge in [-0.1, -0.05) is 0 Å². The normalized spacial score (nSPS) is 18.5. The van der Waals surface area contributed by atoms with Gasteiger partial charge >= 0.3 is 0 Å². The van der Waals surface area contributed by atoms with E-state index in [1.807, 2.05) is 0 Å². The fraction of sp³-hybridized carbons (Fsp3) is 0.333. The van der Waals surface area contributed by atoms with Crippen LogP contribution in [0.15, 0.2) is 33.9 Å². The van der Waals surface area contributed by atoms with Crippen LogP contribution in [0.3, 0.4) is 0 Å². The van der Waals surface area contributed by atoms with Gasteiger partial charge in [-0.2, -0.15) is 5.10 Å². The summed E-state index contributed by atoms with van der Waals surface area (Å²) in [4.78, 5) is 4.11. The lowest BCUT2D eigenvalue weighted by molar-refractivity contribution is 0.400. The van der Waals surface area contributed by atoms with Gasteiger partial charge in [0.05, 0.1) is 15.4 Å². The van der Waals surface area contributed by atoms with Crippen LogP contribution in [0, 0.1) is 5.82 Å². The molecule has 0 saturated carbocycles. The Morgan fingerprint density at radius 2 is 2.24 bits per heavy atom. The van der Waals surface area contributed by atoms with Gasteiger partial charge in [0, 0.05) is 6.54 Å². The van der Waals surface area contributed by atoms with Gasteiger partial charge in [-0.15, -0.1) is 0 Å². The number of aryl methyl sites for hydroxylation is 1. The third kappa shape index (κ3) is 2.85. The molecular weight excluding hydrogens is 363 g/mol. The van der Waals surface area contributed by atoms with Crippen molar-refractivity contribution in [3.05, 3.63) is 40.6 Å². The summed E-state index contributed by atoms with van der Waals surface area (Å²) in [5, 5.41) is 4.05. The number of hydrogen-bond acceptors (Lipinski definition) is 4. The van der Waals surface area contributed by atoms with E-state index < -0.39 is 21.9 Å². The van der Waals surface area contributed by atoms with Crippen molar-refractivity contribution in [1.29, 1.82) is 0 Å². The van der Waals surface area contributed by atoms with Crippen molar-refractivity contribution in [1.82, 2.24) is 19.5 Å². The summed E-state index contributed by atoms with van der Waals surface area (Å²) < 4.78 is 42.4. The number of rotatable bonds is 3. The first-order valence-electron chi connectivity index (χ1n) is 6.32. The van der Waals surface area contributed by atoms with E-state index in [1.54, 1.807) is 4.68 Å². The van der Waals surface area contributed by atoms with E-state index in [2.05, 4.69) is 30.7 Å². The SMILES string of the molecule is O=S(=O)(NC1CCCn2ncnc21)c1ccc(F)c(Br)c1. The molecule has 112 valence electrons. The summed E-state index contributed by atoms with van der Waals surface area (Å²) in [5.41, 5.74) is 0. The molecule has 0 spiro atoms. The molecule has 2 heterocycles. The van der Waals surface area contributed by atoms with Crippen molar-refractivity contribution in [2.45, 2.75) is 30.3 Å². The van der Waals surface area contributed by atoms with E-state index in [0.29, 0.717) is 12.2 Å². The van der Waals surface area contributed by atoms with Crippen molar-refractivity contribution in [3.8, 4) is 0 Å². The Morgan fingerprint density at radius 3 is 3.00 bits per heavy atom. The number of sulfonamides is 1. The van der Waals surface area contributed by atoms with Crippen LogP contribution in [0.2, 0.25) is 0 Å². The average Bonchev–Trinajstić information content (AvgIpc) is 2.91. The second-order valence-electron chi connectivity index (χ2n) is 4.73. The predicted octanol–water partition coefficient (Wildman–Crippen LogP) is 1.99. The molecule has 1 unspecified atom stereocenters. The second kappa shape index (κ2) is 5.47. The Kier molecular flexibility index (Phi) is 3.80. The number of nitrogens with zero attached hydrogens (tertiary/aromatic N) is 3. The highest BCUT2D eigenvalue weighted by molar-refractivity contribution is 9.10. The number of hydrogen-bond donors (Lipinski definition) is 1. The fourth-order valence-corrected chi connectivity index (χ4v) is 4.08. The van der Waals surface area contributed by atoms with E-state index in [0.717, 1.165) is 19.0 Å². The Bertz CT molecular complexity index is 777. The highest BCUT2D eigenvalue weighted by Crippen LogP contribution is 2.26. The lowest BCUT2D eigenvalue weighted by Gasteiger charge is -2.23. The fourth-order valence-electron chi connectivity index (χ4n) is 2.30. The molecule has 1 N–H and O–H groups in total. The van der Waals surface area contributed by atoms with Crippen molar-refractivity contribution < 1.29 is 12.8 Å². The topological polar surface area (TPSA) is 76.9 Å². The van der Waals surface area contributed by atoms with Gasteiger partial charge in [-0.3, -0.25) is 0 Å². The molecule has 1 aliphatic rings. The number of nitrogens with one attached hydrogen (secondary N) is 1. The van der Waals surface area contributed by atoms with Crippen LogP contribution < -0.4 is 4.72 Å². The van der Waals surface area contributed by atoms with Crippen LogP contribution in [-0.2, 0) is 16.6 Å². The van der Waals surface area contributed by atoms with E-state index in [-0.39, 0.29) is 9.37 Å². The molecule has 1 aromatic carbocycles. The highest BCUT2D eigenvalue weighted by Gasteiger charge is 2.27. The van der Waals surface area contributed by atoms with Gasteiger partial charge in [0.1, 0.15) is 18.0 Å². The number of fused-ring (bicyclic) bond motifs is 1. The molecule has 0 fully saturated rings. The summed E-state index contributed by atoms with van der Waals surface area (Å²) in [6.45, 7) is 0.732. The molecule has 0 aliphatic carbocycles. The number of halogens is 2. The molecule has 2 aromatic rings. The zero-order valence-electron chi connectivity index (χ0n) is 10.8. The van der Waals surface area contributed by atoms with E-state index in [9.17, 15) is 12.8 Å². The molecule has 0 bridgehead atoms. The Morgan fingerprint density at radius 1 is 1.43 bits per heavy atom. The zero-order valence-corrected chi connectivity index (χ0v) is 13.2. The average molecular weight is 375 g/mol. The molecule has 1 aromatic heterocycles. The smallest absolute Gasteiger partial charge is 0.241 e. The van der Waals surface area contributed by atoms with Crippen molar-refractivity contribution in [2.24, 2.45) is 0 Å². The van der Waals surface area contributed by atoms with Gasteiger partial charge in [0.15, 0.2) is 0 Å². The third-order valence-corrected chi connectivity index (χ3v) is 5.40. The molecule has 0 saturated heterocycles. The lowest BCUT2D eigenvalue weighted by atomic mass is 10.1. The lowest BCUT2D eigenvalue weighted by Crippen LogP contribution is -2.33. The maximum atomic E-state index is 13.2. The van der Waals surface area contributed by atoms with E-state index in [1.165, 1.54) is 18.5 Å². The summed E-state index contributed by atoms with van der Waals surface area (Å²) in [7, 11) is -3.75. The first-order chi connectivity index (χ1) is 9.97. The molecule has 21 heavy (non-hydrogen) atoms. The summed E-state index contributed by atoms with van der Waals surface area (Å²) in [6, 6.07) is 3.17. The zero-order chi connectivity index (χ0) is 15.0. The molecule has 3 rings (SSSR count). The van der Waals surface area contributed by atoms with Gasteiger partial charge in [-0.05, 0) is 47.0 Å². The van der Waals surface area contributed by atoms with Crippen molar-refractivity contribution in [2.75, 3.05) is 0 Å². The van der Waals surface area contributed by atoms with E-state index >= 15 is 0 Å². The minimum absolute atomic E-state index is 0.00686. The Balaban J connectivity index is 1.89. The predicted molar refractivity (Wildman–Crippen MR) is 76.4 cm³/mol. The van der Waals surface area contributed by atoms with Crippen LogP contribution >= 0.6 is 15.9 Å². The largest absolute Gasteiger partial charge is 0.248 e. The van der Waals surface area contributed by atoms with E-state index in [4.69, 9.17) is 0 Å². The van der Waals surface area contributed by atoms with Crippen LogP contribution in [0.5, 0.6) is 0 Å². The second-order valence-corrected chi connectivity index (χ2v) is 7.30.